The van der Waals surface area contributed by atoms with Crippen molar-refractivity contribution in [1.82, 2.24) is 15.3 Å². The smallest absolute Gasteiger partial charge is 0.220 e. The van der Waals surface area contributed by atoms with Gasteiger partial charge in [-0.3, -0.25) is 4.79 Å². The van der Waals surface area contributed by atoms with Crippen molar-refractivity contribution in [3.05, 3.63) is 12.4 Å². The van der Waals surface area contributed by atoms with Gasteiger partial charge in [-0.1, -0.05) is 0 Å². The van der Waals surface area contributed by atoms with Crippen LogP contribution in [-0.4, -0.2) is 62.3 Å². The molecule has 1 amide bonds. The lowest BCUT2D eigenvalue weighted by Crippen LogP contribution is -2.34. The molecule has 3 fully saturated rings. The number of nitrogens with one attached hydrogen (secondary N) is 1. The van der Waals surface area contributed by atoms with Gasteiger partial charge in [-0.05, 0) is 18.8 Å². The molecule has 136 valence electrons. The van der Waals surface area contributed by atoms with Gasteiger partial charge in [-0.2, -0.15) is 0 Å². The van der Waals surface area contributed by atoms with Crippen LogP contribution in [0.3, 0.4) is 0 Å². The number of hydrogen-bond acceptors (Lipinski definition) is 6. The normalized spacial score (nSPS) is 28.1. The summed E-state index contributed by atoms with van der Waals surface area (Å²) in [5.41, 5.74) is 0. The summed E-state index contributed by atoms with van der Waals surface area (Å²) in [6.07, 6.45) is 4.99. The van der Waals surface area contributed by atoms with Crippen molar-refractivity contribution in [3.8, 4) is 0 Å². The Morgan fingerprint density at radius 1 is 1.36 bits per heavy atom. The van der Waals surface area contributed by atoms with E-state index < -0.39 is 0 Å². The van der Waals surface area contributed by atoms with Crippen LogP contribution < -0.4 is 15.1 Å². The highest BCUT2D eigenvalue weighted by Gasteiger charge is 2.44. The van der Waals surface area contributed by atoms with E-state index in [1.54, 1.807) is 6.33 Å². The molecule has 2 aliphatic heterocycles. The fourth-order valence-electron chi connectivity index (χ4n) is 3.85. The molecule has 1 aromatic heterocycles. The van der Waals surface area contributed by atoms with Crippen molar-refractivity contribution >= 4 is 17.5 Å². The van der Waals surface area contributed by atoms with Gasteiger partial charge in [0.05, 0.1) is 12.7 Å². The van der Waals surface area contributed by atoms with Crippen molar-refractivity contribution in [2.75, 3.05) is 50.1 Å². The molecular formula is C18H27N5O2. The average Bonchev–Trinajstić information content (AvgIpc) is 3.18. The van der Waals surface area contributed by atoms with Crippen molar-refractivity contribution in [1.29, 1.82) is 0 Å². The van der Waals surface area contributed by atoms with E-state index >= 15 is 0 Å². The summed E-state index contributed by atoms with van der Waals surface area (Å²) >= 11 is 0. The number of hydrogen-bond donors (Lipinski definition) is 1. The Bertz CT molecular complexity index is 634. The SMILES string of the molecule is CN(C)c1cc(N2C[C@@H]3[C@H](CNC(=O)CC4CC4)CO[C@@H]3C2)ncn1. The van der Waals surface area contributed by atoms with E-state index in [1.807, 2.05) is 25.1 Å². The Balaban J connectivity index is 1.34. The minimum absolute atomic E-state index is 0.201. The van der Waals surface area contributed by atoms with Crippen LogP contribution in [0.5, 0.6) is 0 Å². The van der Waals surface area contributed by atoms with E-state index in [-0.39, 0.29) is 12.0 Å². The van der Waals surface area contributed by atoms with Crippen LogP contribution in [0.4, 0.5) is 11.6 Å². The van der Waals surface area contributed by atoms with Gasteiger partial charge in [-0.25, -0.2) is 9.97 Å². The second-order valence-corrected chi connectivity index (χ2v) is 7.78. The van der Waals surface area contributed by atoms with Crippen LogP contribution in [0.1, 0.15) is 19.3 Å². The Kier molecular flexibility index (Phi) is 4.50. The van der Waals surface area contributed by atoms with Crippen LogP contribution in [0, 0.1) is 17.8 Å². The summed E-state index contributed by atoms with van der Waals surface area (Å²) in [5, 5.41) is 3.12. The molecule has 0 radical (unpaired) electrons. The van der Waals surface area contributed by atoms with E-state index in [1.165, 1.54) is 12.8 Å². The molecule has 2 saturated heterocycles. The molecule has 1 saturated carbocycles. The summed E-state index contributed by atoms with van der Waals surface area (Å²) in [7, 11) is 3.96. The summed E-state index contributed by atoms with van der Waals surface area (Å²) < 4.78 is 6.00. The highest BCUT2D eigenvalue weighted by Crippen LogP contribution is 2.36. The number of rotatable bonds is 6. The van der Waals surface area contributed by atoms with Crippen molar-refractivity contribution in [2.24, 2.45) is 17.8 Å². The van der Waals surface area contributed by atoms with Crippen LogP contribution >= 0.6 is 0 Å². The van der Waals surface area contributed by atoms with E-state index in [2.05, 4.69) is 20.2 Å². The first-order valence-electron chi connectivity index (χ1n) is 9.23. The maximum atomic E-state index is 11.9. The maximum Gasteiger partial charge on any atom is 0.220 e. The van der Waals surface area contributed by atoms with E-state index in [4.69, 9.17) is 4.74 Å². The zero-order chi connectivity index (χ0) is 17.4. The van der Waals surface area contributed by atoms with Gasteiger partial charge >= 0.3 is 0 Å². The molecule has 3 atom stereocenters. The Labute approximate surface area is 148 Å². The standard InChI is InChI=1S/C18H27N5O2/c1-22(2)16-6-17(21-11-20-16)23-8-14-13(10-25-15(14)9-23)7-19-18(24)5-12-3-4-12/h6,11-15H,3-5,7-10H2,1-2H3,(H,19,24)/t13-,14-,15-/m1/s1. The molecule has 7 heteroatoms. The fourth-order valence-corrected chi connectivity index (χ4v) is 3.85. The number of fused-ring (bicyclic) bond motifs is 1. The lowest BCUT2D eigenvalue weighted by atomic mass is 9.93. The number of carbonyl (C=O) groups is 1. The quantitative estimate of drug-likeness (QED) is 0.826. The van der Waals surface area contributed by atoms with Crippen LogP contribution in [0.2, 0.25) is 0 Å². The van der Waals surface area contributed by atoms with Gasteiger partial charge in [0, 0.05) is 58.1 Å². The molecule has 0 spiro atoms. The monoisotopic (exact) mass is 345 g/mol. The molecule has 3 heterocycles. The minimum atomic E-state index is 0.201. The highest BCUT2D eigenvalue weighted by atomic mass is 16.5. The zero-order valence-electron chi connectivity index (χ0n) is 15.0. The fraction of sp³-hybridized carbons (Fsp3) is 0.722. The van der Waals surface area contributed by atoms with Crippen LogP contribution in [-0.2, 0) is 9.53 Å². The summed E-state index contributed by atoms with van der Waals surface area (Å²) in [6.45, 7) is 3.27. The van der Waals surface area contributed by atoms with Crippen LogP contribution in [0.15, 0.2) is 12.4 Å². The largest absolute Gasteiger partial charge is 0.376 e. The topological polar surface area (TPSA) is 70.6 Å². The number of nitrogens with zero attached hydrogens (tertiary/aromatic N) is 4. The molecule has 4 rings (SSSR count). The highest BCUT2D eigenvalue weighted by molar-refractivity contribution is 5.76. The predicted molar refractivity (Wildman–Crippen MR) is 95.6 cm³/mol. The molecule has 1 N–H and O–H groups in total. The third kappa shape index (κ3) is 3.71. The van der Waals surface area contributed by atoms with E-state index in [0.29, 0.717) is 24.2 Å². The molecule has 1 aromatic rings. The molecule has 25 heavy (non-hydrogen) atoms. The lowest BCUT2D eigenvalue weighted by Gasteiger charge is -2.22. The number of anilines is 2. The molecule has 3 aliphatic rings. The molecule has 0 bridgehead atoms. The summed E-state index contributed by atoms with van der Waals surface area (Å²) in [6, 6.07) is 2.02. The van der Waals surface area contributed by atoms with Gasteiger partial charge in [0.2, 0.25) is 5.91 Å². The van der Waals surface area contributed by atoms with Gasteiger partial charge in [0.1, 0.15) is 18.0 Å². The number of ether oxygens (including phenoxy) is 1. The molecule has 0 unspecified atom stereocenters. The molecule has 7 nitrogen and oxygen atoms in total. The van der Waals surface area contributed by atoms with Crippen molar-refractivity contribution in [2.45, 2.75) is 25.4 Å². The van der Waals surface area contributed by atoms with Crippen LogP contribution in [0.25, 0.3) is 0 Å². The van der Waals surface area contributed by atoms with E-state index in [0.717, 1.165) is 37.9 Å². The predicted octanol–water partition coefficient (Wildman–Crippen LogP) is 0.910. The third-order valence-electron chi connectivity index (χ3n) is 5.59. The Morgan fingerprint density at radius 2 is 2.20 bits per heavy atom. The number of amides is 1. The van der Waals surface area contributed by atoms with E-state index in [9.17, 15) is 4.79 Å². The molecule has 0 aromatic carbocycles. The van der Waals surface area contributed by atoms with Gasteiger partial charge < -0.3 is 19.9 Å². The van der Waals surface area contributed by atoms with Crippen molar-refractivity contribution < 1.29 is 9.53 Å². The van der Waals surface area contributed by atoms with Gasteiger partial charge in [-0.15, -0.1) is 0 Å². The minimum Gasteiger partial charge on any atom is -0.376 e. The first-order valence-corrected chi connectivity index (χ1v) is 9.23. The summed E-state index contributed by atoms with van der Waals surface area (Å²) in [4.78, 5) is 24.9. The van der Waals surface area contributed by atoms with Gasteiger partial charge in [0.25, 0.3) is 0 Å². The molecular weight excluding hydrogens is 318 g/mol. The average molecular weight is 345 g/mol. The molecule has 1 aliphatic carbocycles. The first kappa shape index (κ1) is 16.6. The first-order chi connectivity index (χ1) is 12.1. The number of aromatic nitrogens is 2. The Hall–Kier alpha value is -1.89. The zero-order valence-corrected chi connectivity index (χ0v) is 15.0. The third-order valence-corrected chi connectivity index (χ3v) is 5.59. The van der Waals surface area contributed by atoms with Crippen molar-refractivity contribution in [3.63, 3.8) is 0 Å². The lowest BCUT2D eigenvalue weighted by molar-refractivity contribution is -0.121. The summed E-state index contributed by atoms with van der Waals surface area (Å²) in [5.74, 6) is 3.55. The Morgan fingerprint density at radius 3 is 2.96 bits per heavy atom. The maximum absolute atomic E-state index is 11.9. The second-order valence-electron chi connectivity index (χ2n) is 7.78. The van der Waals surface area contributed by atoms with Gasteiger partial charge in [0.15, 0.2) is 0 Å². The number of carbonyl (C=O) groups excluding carboxylic acids is 1. The second kappa shape index (κ2) is 6.78.